The number of halogens is 1. The first-order valence-corrected chi connectivity index (χ1v) is 7.10. The Kier molecular flexibility index (Phi) is 4.74. The number of rotatable bonds is 4. The van der Waals surface area contributed by atoms with E-state index >= 15 is 0 Å². The van der Waals surface area contributed by atoms with Crippen molar-refractivity contribution < 1.29 is 9.90 Å². The number of hydrogen-bond donors (Lipinski definition) is 2. The van der Waals surface area contributed by atoms with Gasteiger partial charge in [-0.3, -0.25) is 9.78 Å². The first-order chi connectivity index (χ1) is 9.61. The summed E-state index contributed by atoms with van der Waals surface area (Å²) in [5.74, 6) is -0.362. The zero-order valence-corrected chi connectivity index (χ0v) is 12.6. The SMILES string of the molecule is CCc1cccnc1CNC(=O)c1cc(Br)ccc1O. The molecule has 4 nitrogen and oxygen atoms in total. The number of aromatic hydroxyl groups is 1. The Hall–Kier alpha value is -1.88. The predicted octanol–water partition coefficient (Wildman–Crippen LogP) is 3.04. The molecule has 0 spiro atoms. The number of phenolic OH excluding ortho intramolecular Hbond substituents is 1. The van der Waals surface area contributed by atoms with E-state index in [1.54, 1.807) is 18.3 Å². The van der Waals surface area contributed by atoms with E-state index in [1.165, 1.54) is 6.07 Å². The maximum atomic E-state index is 12.1. The number of amides is 1. The van der Waals surface area contributed by atoms with E-state index in [1.807, 2.05) is 19.1 Å². The summed E-state index contributed by atoms with van der Waals surface area (Å²) in [5.41, 5.74) is 2.19. The van der Waals surface area contributed by atoms with Crippen LogP contribution in [0, 0.1) is 0 Å². The van der Waals surface area contributed by atoms with Gasteiger partial charge in [0, 0.05) is 10.7 Å². The number of nitrogens with zero attached hydrogens (tertiary/aromatic N) is 1. The van der Waals surface area contributed by atoms with Gasteiger partial charge in [0.25, 0.3) is 5.91 Å². The topological polar surface area (TPSA) is 62.2 Å². The third kappa shape index (κ3) is 3.36. The van der Waals surface area contributed by atoms with E-state index < -0.39 is 0 Å². The summed E-state index contributed by atoms with van der Waals surface area (Å²) in [6.07, 6.45) is 2.57. The molecule has 104 valence electrons. The van der Waals surface area contributed by atoms with E-state index in [4.69, 9.17) is 0 Å². The number of carbonyl (C=O) groups is 1. The second-order valence-corrected chi connectivity index (χ2v) is 5.22. The molecule has 0 saturated heterocycles. The van der Waals surface area contributed by atoms with E-state index in [0.717, 1.165) is 22.2 Å². The molecule has 1 aromatic heterocycles. The highest BCUT2D eigenvalue weighted by atomic mass is 79.9. The maximum Gasteiger partial charge on any atom is 0.255 e. The van der Waals surface area contributed by atoms with Gasteiger partial charge in [-0.25, -0.2) is 0 Å². The molecule has 5 heteroatoms. The van der Waals surface area contributed by atoms with Crippen LogP contribution in [0.15, 0.2) is 41.0 Å². The zero-order chi connectivity index (χ0) is 14.5. The van der Waals surface area contributed by atoms with Crippen LogP contribution in [0.2, 0.25) is 0 Å². The van der Waals surface area contributed by atoms with Crippen LogP contribution >= 0.6 is 15.9 Å². The Balaban J connectivity index is 2.11. The van der Waals surface area contributed by atoms with Gasteiger partial charge in [0.05, 0.1) is 17.8 Å². The molecule has 0 unspecified atom stereocenters. The summed E-state index contributed by atoms with van der Waals surface area (Å²) >= 11 is 3.28. The monoisotopic (exact) mass is 334 g/mol. The molecule has 1 aromatic carbocycles. The number of aryl methyl sites for hydroxylation is 1. The van der Waals surface area contributed by atoms with Crippen molar-refractivity contribution in [3.05, 3.63) is 57.8 Å². The summed E-state index contributed by atoms with van der Waals surface area (Å²) in [4.78, 5) is 16.3. The van der Waals surface area contributed by atoms with Crippen LogP contribution in [0.5, 0.6) is 5.75 Å². The second kappa shape index (κ2) is 6.52. The molecule has 0 radical (unpaired) electrons. The van der Waals surface area contributed by atoms with Crippen LogP contribution in [-0.2, 0) is 13.0 Å². The summed E-state index contributed by atoms with van der Waals surface area (Å²) in [5, 5.41) is 12.5. The first kappa shape index (κ1) is 14.5. The number of pyridine rings is 1. The molecule has 0 saturated carbocycles. The molecule has 1 amide bonds. The van der Waals surface area contributed by atoms with Gasteiger partial charge in [-0.2, -0.15) is 0 Å². The van der Waals surface area contributed by atoms with Crippen LogP contribution in [0.25, 0.3) is 0 Å². The lowest BCUT2D eigenvalue weighted by Gasteiger charge is -2.09. The van der Waals surface area contributed by atoms with Crippen LogP contribution < -0.4 is 5.32 Å². The molecule has 0 bridgehead atoms. The molecule has 2 rings (SSSR count). The molecule has 20 heavy (non-hydrogen) atoms. The van der Waals surface area contributed by atoms with Crippen molar-refractivity contribution in [1.82, 2.24) is 10.3 Å². The van der Waals surface area contributed by atoms with Gasteiger partial charge in [0.15, 0.2) is 0 Å². The standard InChI is InChI=1S/C15H15BrN2O2/c1-2-10-4-3-7-17-13(10)9-18-15(20)12-8-11(16)5-6-14(12)19/h3-8,19H,2,9H2,1H3,(H,18,20). The quantitative estimate of drug-likeness (QED) is 0.903. The van der Waals surface area contributed by atoms with Crippen molar-refractivity contribution in [1.29, 1.82) is 0 Å². The van der Waals surface area contributed by atoms with Crippen molar-refractivity contribution in [3.8, 4) is 5.75 Å². The Morgan fingerprint density at radius 3 is 2.95 bits per heavy atom. The largest absolute Gasteiger partial charge is 0.507 e. The molecular weight excluding hydrogens is 320 g/mol. The lowest BCUT2D eigenvalue weighted by atomic mass is 10.1. The van der Waals surface area contributed by atoms with Gasteiger partial charge in [-0.15, -0.1) is 0 Å². The minimum absolute atomic E-state index is 0.0394. The number of carbonyl (C=O) groups excluding carboxylic acids is 1. The molecule has 0 aliphatic carbocycles. The van der Waals surface area contributed by atoms with E-state index in [0.29, 0.717) is 6.54 Å². The highest BCUT2D eigenvalue weighted by Crippen LogP contribution is 2.21. The number of phenols is 1. The van der Waals surface area contributed by atoms with Crippen molar-refractivity contribution in [2.75, 3.05) is 0 Å². The minimum Gasteiger partial charge on any atom is -0.507 e. The van der Waals surface area contributed by atoms with E-state index in [2.05, 4.69) is 26.2 Å². The third-order valence-electron chi connectivity index (χ3n) is 2.99. The highest BCUT2D eigenvalue weighted by Gasteiger charge is 2.12. The normalized spacial score (nSPS) is 10.3. The van der Waals surface area contributed by atoms with Crippen molar-refractivity contribution >= 4 is 21.8 Å². The lowest BCUT2D eigenvalue weighted by molar-refractivity contribution is 0.0947. The molecule has 0 aliphatic rings. The lowest BCUT2D eigenvalue weighted by Crippen LogP contribution is -2.24. The number of hydrogen-bond acceptors (Lipinski definition) is 3. The molecule has 2 N–H and O–H groups in total. The summed E-state index contributed by atoms with van der Waals surface area (Å²) in [6.45, 7) is 2.39. The fourth-order valence-corrected chi connectivity index (χ4v) is 2.26. The smallest absolute Gasteiger partial charge is 0.255 e. The van der Waals surface area contributed by atoms with Gasteiger partial charge in [-0.1, -0.05) is 28.9 Å². The van der Waals surface area contributed by atoms with Crippen molar-refractivity contribution in [2.45, 2.75) is 19.9 Å². The van der Waals surface area contributed by atoms with Crippen LogP contribution in [0.3, 0.4) is 0 Å². The highest BCUT2D eigenvalue weighted by molar-refractivity contribution is 9.10. The van der Waals surface area contributed by atoms with Crippen LogP contribution in [0.4, 0.5) is 0 Å². The van der Waals surface area contributed by atoms with Crippen LogP contribution in [-0.4, -0.2) is 16.0 Å². The average molecular weight is 335 g/mol. The maximum absolute atomic E-state index is 12.1. The Morgan fingerprint density at radius 2 is 2.20 bits per heavy atom. The van der Waals surface area contributed by atoms with Crippen molar-refractivity contribution in [3.63, 3.8) is 0 Å². The van der Waals surface area contributed by atoms with Gasteiger partial charge in [0.1, 0.15) is 5.75 Å². The molecule has 1 heterocycles. The molecule has 0 fully saturated rings. The van der Waals surface area contributed by atoms with Gasteiger partial charge in [0.2, 0.25) is 0 Å². The Bertz CT molecular complexity index is 629. The second-order valence-electron chi connectivity index (χ2n) is 4.31. The Labute approximate surface area is 126 Å². The minimum atomic E-state index is -0.323. The molecule has 0 atom stereocenters. The van der Waals surface area contributed by atoms with Gasteiger partial charge < -0.3 is 10.4 Å². The predicted molar refractivity (Wildman–Crippen MR) is 80.6 cm³/mol. The first-order valence-electron chi connectivity index (χ1n) is 6.31. The number of nitrogens with one attached hydrogen (secondary N) is 1. The van der Waals surface area contributed by atoms with Gasteiger partial charge >= 0.3 is 0 Å². The summed E-state index contributed by atoms with van der Waals surface area (Å²) < 4.78 is 0.743. The van der Waals surface area contributed by atoms with E-state index in [-0.39, 0.29) is 17.2 Å². The Morgan fingerprint density at radius 1 is 1.40 bits per heavy atom. The fraction of sp³-hybridized carbons (Fsp3) is 0.200. The number of aromatic nitrogens is 1. The van der Waals surface area contributed by atoms with E-state index in [9.17, 15) is 9.90 Å². The molecular formula is C15H15BrN2O2. The average Bonchev–Trinajstić information content (AvgIpc) is 2.47. The molecule has 0 aliphatic heterocycles. The number of benzene rings is 1. The summed E-state index contributed by atoms with van der Waals surface area (Å²) in [6, 6.07) is 8.62. The fourth-order valence-electron chi connectivity index (χ4n) is 1.90. The third-order valence-corrected chi connectivity index (χ3v) is 3.48. The van der Waals surface area contributed by atoms with Gasteiger partial charge in [-0.05, 0) is 36.2 Å². The molecule has 2 aromatic rings. The van der Waals surface area contributed by atoms with Crippen molar-refractivity contribution in [2.24, 2.45) is 0 Å². The van der Waals surface area contributed by atoms with Crippen LogP contribution in [0.1, 0.15) is 28.5 Å². The zero-order valence-electron chi connectivity index (χ0n) is 11.1. The summed E-state index contributed by atoms with van der Waals surface area (Å²) in [7, 11) is 0.